The van der Waals surface area contributed by atoms with Crippen molar-refractivity contribution in [2.45, 2.75) is 19.1 Å². The smallest absolute Gasteiger partial charge is 0.213 e. The molecule has 0 saturated heterocycles. The van der Waals surface area contributed by atoms with Crippen LogP contribution in [0.2, 0.25) is 0 Å². The van der Waals surface area contributed by atoms with Crippen LogP contribution in [0.25, 0.3) is 33.1 Å². The second-order valence-electron chi connectivity index (χ2n) is 8.48. The van der Waals surface area contributed by atoms with Crippen LogP contribution in [0, 0.1) is 6.92 Å². The Morgan fingerprint density at radius 3 is 2.60 bits per heavy atom. The van der Waals surface area contributed by atoms with Crippen LogP contribution in [-0.4, -0.2) is 4.57 Å². The van der Waals surface area contributed by atoms with Crippen LogP contribution in [0.1, 0.15) is 28.8 Å². The number of hydrogen-bond acceptors (Lipinski definition) is 1. The van der Waals surface area contributed by atoms with Gasteiger partial charge in [-0.25, -0.2) is 4.57 Å². The van der Waals surface area contributed by atoms with Gasteiger partial charge in [-0.1, -0.05) is 42.5 Å². The average Bonchev–Trinajstić information content (AvgIpc) is 3.40. The van der Waals surface area contributed by atoms with E-state index in [-0.39, 0.29) is 12.1 Å². The van der Waals surface area contributed by atoms with Crippen LogP contribution in [-0.2, 0) is 7.05 Å². The molecule has 2 aromatic heterocycles. The van der Waals surface area contributed by atoms with Gasteiger partial charge in [0, 0.05) is 34.0 Å². The number of hydrogen-bond donors (Lipinski definition) is 0. The van der Waals surface area contributed by atoms with E-state index in [1.54, 1.807) is 0 Å². The minimum Gasteiger partial charge on any atom is -0.483 e. The Morgan fingerprint density at radius 1 is 0.867 bits per heavy atom. The van der Waals surface area contributed by atoms with E-state index in [1.807, 2.05) is 0 Å². The number of benzene rings is 3. The molecular formula is C27H21N2O+. The van der Waals surface area contributed by atoms with E-state index in [2.05, 4.69) is 102 Å². The topological polar surface area (TPSA) is 18.0 Å². The predicted octanol–water partition coefficient (Wildman–Crippen LogP) is 5.63. The molecule has 3 aromatic carbocycles. The minimum atomic E-state index is 0.0584. The van der Waals surface area contributed by atoms with Gasteiger partial charge in [0.05, 0.1) is 16.6 Å². The van der Waals surface area contributed by atoms with Crippen LogP contribution >= 0.6 is 0 Å². The largest absolute Gasteiger partial charge is 0.483 e. The standard InChI is InChI=1S/C27H21N2O/c1-16-13-14-21-24(23(16)20-11-5-6-15-28(20)2)18-9-7-10-19-25(18)29(21)26-17-8-3-4-12-22(17)30-27(19)26/h3-15,26-27H,1-2H3/q+1. The van der Waals surface area contributed by atoms with Crippen molar-refractivity contribution in [3.8, 4) is 17.0 Å². The van der Waals surface area contributed by atoms with E-state index in [1.165, 1.54) is 49.8 Å². The van der Waals surface area contributed by atoms with Crippen molar-refractivity contribution < 1.29 is 9.30 Å². The first kappa shape index (κ1) is 16.2. The molecule has 2 unspecified atom stereocenters. The van der Waals surface area contributed by atoms with Gasteiger partial charge in [0.25, 0.3) is 0 Å². The summed E-state index contributed by atoms with van der Waals surface area (Å²) >= 11 is 0. The molecule has 0 amide bonds. The van der Waals surface area contributed by atoms with E-state index in [9.17, 15) is 0 Å². The Morgan fingerprint density at radius 2 is 1.70 bits per heavy atom. The molecule has 4 heterocycles. The lowest BCUT2D eigenvalue weighted by molar-refractivity contribution is -0.660. The fraction of sp³-hybridized carbons (Fsp3) is 0.148. The normalized spacial score (nSPS) is 18.6. The number of para-hydroxylation sites is 2. The predicted molar refractivity (Wildman–Crippen MR) is 119 cm³/mol. The fourth-order valence-corrected chi connectivity index (χ4v) is 5.66. The third-order valence-electron chi connectivity index (χ3n) is 6.90. The second kappa shape index (κ2) is 5.51. The zero-order valence-corrected chi connectivity index (χ0v) is 17.0. The minimum absolute atomic E-state index is 0.0584. The molecular weight excluding hydrogens is 368 g/mol. The Labute approximate surface area is 174 Å². The molecule has 0 spiro atoms. The molecule has 0 radical (unpaired) electrons. The number of pyridine rings is 1. The molecule has 7 rings (SSSR count). The van der Waals surface area contributed by atoms with Crippen molar-refractivity contribution in [3.05, 3.63) is 95.7 Å². The molecule has 0 saturated carbocycles. The highest BCUT2D eigenvalue weighted by molar-refractivity contribution is 6.16. The summed E-state index contributed by atoms with van der Waals surface area (Å²) in [5, 5.41) is 2.66. The number of rotatable bonds is 1. The van der Waals surface area contributed by atoms with E-state index in [0.717, 1.165) is 5.75 Å². The van der Waals surface area contributed by atoms with E-state index in [0.29, 0.717) is 0 Å². The molecule has 0 aliphatic carbocycles. The van der Waals surface area contributed by atoms with Crippen molar-refractivity contribution in [1.29, 1.82) is 0 Å². The summed E-state index contributed by atoms with van der Waals surface area (Å²) in [5.41, 5.74) is 9.05. The number of nitrogens with zero attached hydrogens (tertiary/aromatic N) is 2. The van der Waals surface area contributed by atoms with Crippen molar-refractivity contribution in [3.63, 3.8) is 0 Å². The Hall–Kier alpha value is -3.59. The molecule has 3 nitrogen and oxygen atoms in total. The SMILES string of the molecule is Cc1ccc2c(c1-c1cccc[n+]1C)c1cccc3c1n2C1c2ccccc2OC31. The number of aromatic nitrogens is 2. The second-order valence-corrected chi connectivity index (χ2v) is 8.48. The summed E-state index contributed by atoms with van der Waals surface area (Å²) in [6.07, 6.45) is 2.18. The molecule has 0 N–H and O–H groups in total. The lowest BCUT2D eigenvalue weighted by Crippen LogP contribution is -2.30. The quantitative estimate of drug-likeness (QED) is 0.340. The summed E-state index contributed by atoms with van der Waals surface area (Å²) in [4.78, 5) is 0. The highest BCUT2D eigenvalue weighted by atomic mass is 16.5. The maximum absolute atomic E-state index is 6.44. The van der Waals surface area contributed by atoms with E-state index >= 15 is 0 Å². The maximum atomic E-state index is 6.44. The lowest BCUT2D eigenvalue weighted by atomic mass is 9.95. The maximum Gasteiger partial charge on any atom is 0.213 e. The zero-order valence-electron chi connectivity index (χ0n) is 17.0. The van der Waals surface area contributed by atoms with Crippen molar-refractivity contribution in [2.75, 3.05) is 0 Å². The van der Waals surface area contributed by atoms with Gasteiger partial charge in [0.15, 0.2) is 12.3 Å². The van der Waals surface area contributed by atoms with E-state index in [4.69, 9.17) is 4.74 Å². The first-order valence-electron chi connectivity index (χ1n) is 10.5. The third kappa shape index (κ3) is 1.83. The van der Waals surface area contributed by atoms with E-state index < -0.39 is 0 Å². The highest BCUT2D eigenvalue weighted by Gasteiger charge is 2.44. The summed E-state index contributed by atoms with van der Waals surface area (Å²) in [7, 11) is 2.13. The fourth-order valence-electron chi connectivity index (χ4n) is 5.66. The van der Waals surface area contributed by atoms with Crippen molar-refractivity contribution >= 4 is 21.8 Å². The number of fused-ring (bicyclic) bond motifs is 8. The Bertz CT molecular complexity index is 1510. The van der Waals surface area contributed by atoms with Crippen molar-refractivity contribution in [1.82, 2.24) is 4.57 Å². The first-order chi connectivity index (χ1) is 14.7. The monoisotopic (exact) mass is 389 g/mol. The zero-order chi connectivity index (χ0) is 20.0. The Balaban J connectivity index is 1.65. The molecule has 3 heteroatoms. The van der Waals surface area contributed by atoms with Gasteiger partial charge < -0.3 is 9.30 Å². The number of ether oxygens (including phenoxy) is 1. The third-order valence-corrected chi connectivity index (χ3v) is 6.90. The van der Waals surface area contributed by atoms with Gasteiger partial charge in [-0.05, 0) is 30.7 Å². The number of aryl methyl sites for hydroxylation is 2. The molecule has 2 aliphatic rings. The van der Waals surface area contributed by atoms with Gasteiger partial charge in [0.1, 0.15) is 18.8 Å². The first-order valence-corrected chi connectivity index (χ1v) is 10.5. The van der Waals surface area contributed by atoms with Crippen molar-refractivity contribution in [2.24, 2.45) is 7.05 Å². The van der Waals surface area contributed by atoms with Gasteiger partial charge >= 0.3 is 0 Å². The lowest BCUT2D eigenvalue weighted by Gasteiger charge is -2.16. The van der Waals surface area contributed by atoms with Crippen LogP contribution in [0.3, 0.4) is 0 Å². The summed E-state index contributed by atoms with van der Waals surface area (Å²) in [5.74, 6) is 1.01. The summed E-state index contributed by atoms with van der Waals surface area (Å²) < 4.78 is 11.2. The molecule has 2 aliphatic heterocycles. The highest BCUT2D eigenvalue weighted by Crippen LogP contribution is 2.56. The van der Waals surface area contributed by atoms with Crippen LogP contribution in [0.5, 0.6) is 5.75 Å². The molecule has 30 heavy (non-hydrogen) atoms. The van der Waals surface area contributed by atoms with Gasteiger partial charge in [-0.15, -0.1) is 0 Å². The molecule has 0 fully saturated rings. The summed E-state index contributed by atoms with van der Waals surface area (Å²) in [6, 6.07) is 26.4. The Kier molecular flexibility index (Phi) is 2.98. The molecule has 2 atom stereocenters. The van der Waals surface area contributed by atoms with Crippen LogP contribution < -0.4 is 9.30 Å². The molecule has 0 bridgehead atoms. The van der Waals surface area contributed by atoms with Gasteiger partial charge in [-0.3, -0.25) is 0 Å². The average molecular weight is 389 g/mol. The summed E-state index contributed by atoms with van der Waals surface area (Å²) in [6.45, 7) is 2.22. The molecule has 5 aromatic rings. The van der Waals surface area contributed by atoms with Gasteiger partial charge in [0.2, 0.25) is 5.69 Å². The van der Waals surface area contributed by atoms with Crippen LogP contribution in [0.15, 0.2) is 79.0 Å². The van der Waals surface area contributed by atoms with Gasteiger partial charge in [-0.2, -0.15) is 0 Å². The molecule has 144 valence electrons. The van der Waals surface area contributed by atoms with Crippen LogP contribution in [0.4, 0.5) is 0 Å².